The number of carbonyl (C=O) groups is 1. The van der Waals surface area contributed by atoms with Gasteiger partial charge in [0.05, 0.1) is 22.0 Å². The number of nitrogens with zero attached hydrogens (tertiary/aromatic N) is 2. The molecule has 10 heteroatoms. The predicted octanol–water partition coefficient (Wildman–Crippen LogP) is 3.75. The number of hydrogen-bond acceptors (Lipinski definition) is 7. The van der Waals surface area contributed by atoms with Gasteiger partial charge in [-0.2, -0.15) is 0 Å². The van der Waals surface area contributed by atoms with Gasteiger partial charge in [-0.3, -0.25) is 4.79 Å². The molecule has 0 aliphatic carbocycles. The summed E-state index contributed by atoms with van der Waals surface area (Å²) in [7, 11) is -3.47. The summed E-state index contributed by atoms with van der Waals surface area (Å²) in [6.07, 6.45) is 1.58. The maximum atomic E-state index is 12.8. The maximum Gasteiger partial charge on any atom is 0.250 e. The van der Waals surface area contributed by atoms with Crippen molar-refractivity contribution in [2.45, 2.75) is 36.4 Å². The summed E-state index contributed by atoms with van der Waals surface area (Å²) in [5.41, 5.74) is 0.912. The molecule has 0 aromatic carbocycles. The Bertz CT molecular complexity index is 1060. The van der Waals surface area contributed by atoms with Crippen LogP contribution >= 0.6 is 34.0 Å². The Balaban J connectivity index is 1.36. The van der Waals surface area contributed by atoms with Crippen LogP contribution < -0.4 is 4.72 Å². The van der Waals surface area contributed by atoms with Gasteiger partial charge < -0.3 is 4.90 Å². The fourth-order valence-corrected chi connectivity index (χ4v) is 7.45. The lowest BCUT2D eigenvalue weighted by Gasteiger charge is -2.32. The second kappa shape index (κ2) is 8.65. The second-order valence-electron chi connectivity index (χ2n) is 6.87. The lowest BCUT2D eigenvalue weighted by atomic mass is 10.1. The highest BCUT2D eigenvalue weighted by atomic mass is 32.2. The van der Waals surface area contributed by atoms with Gasteiger partial charge in [-0.25, -0.2) is 18.1 Å². The average Bonchev–Trinajstić information content (AvgIpc) is 3.44. The zero-order chi connectivity index (χ0) is 20.4. The van der Waals surface area contributed by atoms with E-state index in [1.165, 1.54) is 11.3 Å². The highest BCUT2D eigenvalue weighted by molar-refractivity contribution is 7.91. The number of nitrogens with one attached hydrogen (secondary N) is 1. The standard InChI is InChI=1S/C19H21N3O3S4/c1-13-20-19(15-4-2-10-26-15)16(28-13)12-17(23)22-8-6-14(7-9-22)21-29(24,25)18-5-3-11-27-18/h2-5,10-11,14,21H,6-9,12H2,1H3. The van der Waals surface area contributed by atoms with Crippen molar-refractivity contribution in [1.29, 1.82) is 0 Å². The van der Waals surface area contributed by atoms with E-state index in [0.717, 1.165) is 20.5 Å². The molecule has 0 atom stereocenters. The minimum atomic E-state index is -3.47. The van der Waals surface area contributed by atoms with Crippen LogP contribution in [0.3, 0.4) is 0 Å². The lowest BCUT2D eigenvalue weighted by molar-refractivity contribution is -0.131. The number of thiophene rings is 2. The Hall–Kier alpha value is -1.59. The molecule has 3 aromatic rings. The SMILES string of the molecule is Cc1nc(-c2cccs2)c(CC(=O)N2CCC(NS(=O)(=O)c3cccs3)CC2)s1. The first-order valence-electron chi connectivity index (χ1n) is 9.26. The molecular formula is C19H21N3O3S4. The fraction of sp³-hybridized carbons (Fsp3) is 0.368. The van der Waals surface area contributed by atoms with Gasteiger partial charge in [0.15, 0.2) is 0 Å². The van der Waals surface area contributed by atoms with Gasteiger partial charge in [0.2, 0.25) is 15.9 Å². The minimum Gasteiger partial charge on any atom is -0.342 e. The number of carbonyl (C=O) groups excluding carboxylic acids is 1. The number of rotatable bonds is 6. The van der Waals surface area contributed by atoms with Gasteiger partial charge in [0.25, 0.3) is 0 Å². The Morgan fingerprint density at radius 2 is 1.93 bits per heavy atom. The third kappa shape index (κ3) is 4.77. The smallest absolute Gasteiger partial charge is 0.250 e. The van der Waals surface area contributed by atoms with E-state index >= 15 is 0 Å². The highest BCUT2D eigenvalue weighted by Gasteiger charge is 2.28. The molecule has 154 valence electrons. The number of amides is 1. The molecule has 0 unspecified atom stereocenters. The molecule has 4 rings (SSSR count). The van der Waals surface area contributed by atoms with Crippen LogP contribution in [0, 0.1) is 6.92 Å². The number of aryl methyl sites for hydroxylation is 1. The number of aromatic nitrogens is 1. The molecule has 6 nitrogen and oxygen atoms in total. The largest absolute Gasteiger partial charge is 0.342 e. The molecule has 1 N–H and O–H groups in total. The fourth-order valence-electron chi connectivity index (χ4n) is 3.38. The number of thiazole rings is 1. The normalized spacial score (nSPS) is 15.7. The van der Waals surface area contributed by atoms with Crippen molar-refractivity contribution >= 4 is 49.9 Å². The highest BCUT2D eigenvalue weighted by Crippen LogP contribution is 2.32. The van der Waals surface area contributed by atoms with Gasteiger partial charge >= 0.3 is 0 Å². The quantitative estimate of drug-likeness (QED) is 0.599. The van der Waals surface area contributed by atoms with Crippen LogP contribution in [0.1, 0.15) is 22.7 Å². The van der Waals surface area contributed by atoms with Crippen LogP contribution in [0.2, 0.25) is 0 Å². The van der Waals surface area contributed by atoms with Crippen LogP contribution in [0.25, 0.3) is 10.6 Å². The van der Waals surface area contributed by atoms with E-state index in [9.17, 15) is 13.2 Å². The van der Waals surface area contributed by atoms with Crippen molar-refractivity contribution in [3.8, 4) is 10.6 Å². The Kier molecular flexibility index (Phi) is 6.16. The molecular weight excluding hydrogens is 446 g/mol. The first-order valence-corrected chi connectivity index (χ1v) is 13.3. The first-order chi connectivity index (χ1) is 13.9. The first kappa shape index (κ1) is 20.7. The van der Waals surface area contributed by atoms with Crippen molar-refractivity contribution in [2.75, 3.05) is 13.1 Å². The third-order valence-corrected chi connectivity index (χ3v) is 9.57. The van der Waals surface area contributed by atoms with E-state index in [1.54, 1.807) is 40.2 Å². The maximum absolute atomic E-state index is 12.8. The molecule has 4 heterocycles. The zero-order valence-electron chi connectivity index (χ0n) is 15.8. The number of sulfonamides is 1. The monoisotopic (exact) mass is 467 g/mol. The van der Waals surface area contributed by atoms with E-state index in [2.05, 4.69) is 9.71 Å². The third-order valence-electron chi connectivity index (χ3n) is 4.80. The summed E-state index contributed by atoms with van der Waals surface area (Å²) in [6.45, 7) is 3.08. The topological polar surface area (TPSA) is 79.4 Å². The van der Waals surface area contributed by atoms with E-state index < -0.39 is 10.0 Å². The Morgan fingerprint density at radius 3 is 2.59 bits per heavy atom. The summed E-state index contributed by atoms with van der Waals surface area (Å²) >= 11 is 4.40. The van der Waals surface area contributed by atoms with Gasteiger partial charge in [-0.05, 0) is 42.7 Å². The summed E-state index contributed by atoms with van der Waals surface area (Å²) in [4.78, 5) is 21.4. The molecule has 0 saturated carbocycles. The zero-order valence-corrected chi connectivity index (χ0v) is 19.1. The minimum absolute atomic E-state index is 0.0750. The van der Waals surface area contributed by atoms with Gasteiger partial charge in [-0.1, -0.05) is 12.1 Å². The molecule has 0 bridgehead atoms. The molecule has 1 amide bonds. The van der Waals surface area contributed by atoms with Crippen molar-refractivity contribution in [1.82, 2.24) is 14.6 Å². The Labute approximate surface area is 182 Å². The van der Waals surface area contributed by atoms with Crippen LogP contribution in [0.15, 0.2) is 39.2 Å². The van der Waals surface area contributed by atoms with Crippen LogP contribution in [-0.4, -0.2) is 43.3 Å². The number of piperidine rings is 1. The van der Waals surface area contributed by atoms with Crippen LogP contribution in [0.4, 0.5) is 0 Å². The van der Waals surface area contributed by atoms with Crippen molar-refractivity contribution < 1.29 is 13.2 Å². The van der Waals surface area contributed by atoms with Crippen molar-refractivity contribution in [2.24, 2.45) is 0 Å². The second-order valence-corrected chi connectivity index (χ2v) is 12.0. The molecule has 0 spiro atoms. The van der Waals surface area contributed by atoms with Crippen molar-refractivity contribution in [3.05, 3.63) is 44.9 Å². The molecule has 29 heavy (non-hydrogen) atoms. The van der Waals surface area contributed by atoms with E-state index in [4.69, 9.17) is 0 Å². The summed E-state index contributed by atoms with van der Waals surface area (Å²) < 4.78 is 27.9. The number of hydrogen-bond donors (Lipinski definition) is 1. The number of likely N-dealkylation sites (tertiary alicyclic amines) is 1. The average molecular weight is 468 g/mol. The van der Waals surface area contributed by atoms with Gasteiger partial charge in [-0.15, -0.1) is 34.0 Å². The predicted molar refractivity (Wildman–Crippen MR) is 118 cm³/mol. The molecule has 0 radical (unpaired) electrons. The van der Waals surface area contributed by atoms with Crippen LogP contribution in [-0.2, 0) is 21.2 Å². The summed E-state index contributed by atoms with van der Waals surface area (Å²) in [5, 5.41) is 4.72. The molecule has 1 fully saturated rings. The van der Waals surface area contributed by atoms with Crippen molar-refractivity contribution in [3.63, 3.8) is 0 Å². The van der Waals surface area contributed by atoms with E-state index in [0.29, 0.717) is 36.6 Å². The molecule has 1 aliphatic heterocycles. The summed E-state index contributed by atoms with van der Waals surface area (Å²) in [6, 6.07) is 7.21. The molecule has 1 saturated heterocycles. The molecule has 3 aromatic heterocycles. The Morgan fingerprint density at radius 1 is 1.21 bits per heavy atom. The van der Waals surface area contributed by atoms with Gasteiger partial charge in [0.1, 0.15) is 4.21 Å². The van der Waals surface area contributed by atoms with Gasteiger partial charge in [0, 0.05) is 24.0 Å². The van der Waals surface area contributed by atoms with E-state index in [1.807, 2.05) is 29.3 Å². The lowest BCUT2D eigenvalue weighted by Crippen LogP contribution is -2.46. The summed E-state index contributed by atoms with van der Waals surface area (Å²) in [5.74, 6) is 0.0750. The molecule has 1 aliphatic rings. The van der Waals surface area contributed by atoms with E-state index in [-0.39, 0.29) is 11.9 Å². The van der Waals surface area contributed by atoms with Crippen LogP contribution in [0.5, 0.6) is 0 Å².